The van der Waals surface area contributed by atoms with E-state index >= 15 is 0 Å². The molecule has 0 aliphatic rings. The van der Waals surface area contributed by atoms with Crippen molar-refractivity contribution in [1.82, 2.24) is 0 Å². The zero-order valence-corrected chi connectivity index (χ0v) is 18.1. The number of hydrogen-bond acceptors (Lipinski definition) is 6. The van der Waals surface area contributed by atoms with Gasteiger partial charge in [0, 0.05) is 3.57 Å². The van der Waals surface area contributed by atoms with E-state index in [0.717, 1.165) is 18.2 Å². The molecule has 2 N–H and O–H groups in total. The molecular weight excluding hydrogens is 565 g/mol. The monoisotopic (exact) mass is 580 g/mol. The molecule has 0 heterocycles. The maximum absolute atomic E-state index is 13.3. The number of hydrogen-bond donors (Lipinski definition) is 2. The Morgan fingerprint density at radius 1 is 1.13 bits per heavy atom. The van der Waals surface area contributed by atoms with Crippen LogP contribution in [0.3, 0.4) is 0 Å². The van der Waals surface area contributed by atoms with Crippen LogP contribution in [0.4, 0.5) is 26.3 Å². The van der Waals surface area contributed by atoms with Crippen LogP contribution in [0.25, 0.3) is 0 Å². The molecule has 15 heteroatoms. The Balaban J connectivity index is 3.54. The van der Waals surface area contributed by atoms with Crippen LogP contribution >= 0.6 is 22.6 Å². The quantitative estimate of drug-likeness (QED) is 0.127. The molecule has 0 aliphatic heterocycles. The summed E-state index contributed by atoms with van der Waals surface area (Å²) in [5, 5.41) is 10.0. The van der Waals surface area contributed by atoms with E-state index < -0.39 is 63.3 Å². The minimum absolute atomic E-state index is 0.339. The average molecular weight is 580 g/mol. The molecule has 1 atom stereocenters. The highest BCUT2D eigenvalue weighted by Gasteiger charge is 2.74. The van der Waals surface area contributed by atoms with Crippen molar-refractivity contribution in [3.05, 3.63) is 27.3 Å². The number of ether oxygens (including phenoxy) is 2. The molecule has 0 aliphatic carbocycles. The lowest BCUT2D eigenvalue weighted by Gasteiger charge is -2.37. The summed E-state index contributed by atoms with van der Waals surface area (Å²) in [7, 11) is -5.89. The zero-order valence-electron chi connectivity index (χ0n) is 15.1. The third kappa shape index (κ3) is 6.41. The maximum Gasteiger partial charge on any atom is 0.427 e. The molecule has 0 radical (unpaired) electrons. The molecule has 1 aromatic carbocycles. The van der Waals surface area contributed by atoms with Crippen LogP contribution < -0.4 is 4.74 Å². The summed E-state index contributed by atoms with van der Waals surface area (Å²) in [6, 6.07) is 3.02. The van der Waals surface area contributed by atoms with Gasteiger partial charge in [-0.2, -0.15) is 34.8 Å². The first-order valence-corrected chi connectivity index (χ1v) is 10.4. The van der Waals surface area contributed by atoms with Gasteiger partial charge in [-0.05, 0) is 40.8 Å². The van der Waals surface area contributed by atoms with Crippen LogP contribution in [0.1, 0.15) is 25.7 Å². The van der Waals surface area contributed by atoms with Gasteiger partial charge in [-0.3, -0.25) is 9.35 Å². The second-order valence-corrected chi connectivity index (χ2v) is 8.98. The van der Waals surface area contributed by atoms with Crippen LogP contribution in [0.15, 0.2) is 18.2 Å². The lowest BCUT2D eigenvalue weighted by molar-refractivity contribution is -0.399. The van der Waals surface area contributed by atoms with Gasteiger partial charge in [0.15, 0.2) is 6.29 Å². The summed E-state index contributed by atoms with van der Waals surface area (Å²) >= 11 is 1.70. The maximum atomic E-state index is 13.3. The van der Waals surface area contributed by atoms with E-state index in [2.05, 4.69) is 4.74 Å². The van der Waals surface area contributed by atoms with Gasteiger partial charge >= 0.3 is 18.3 Å². The molecule has 0 bridgehead atoms. The second-order valence-electron chi connectivity index (χ2n) is 6.28. The van der Waals surface area contributed by atoms with E-state index in [9.17, 15) is 44.7 Å². The second kappa shape index (κ2) is 9.13. The van der Waals surface area contributed by atoms with Crippen LogP contribution in [0, 0.1) is 9.49 Å². The Hall–Kier alpha value is -1.17. The summed E-state index contributed by atoms with van der Waals surface area (Å²) in [5.41, 5.74) is -6.28. The van der Waals surface area contributed by atoms with Gasteiger partial charge < -0.3 is 14.6 Å². The Kier molecular flexibility index (Phi) is 8.18. The Bertz CT molecular complexity index is 868. The van der Waals surface area contributed by atoms with Gasteiger partial charge in [-0.15, -0.1) is 0 Å². The SMILES string of the molecule is CC(C)C(=O)Oc1cc(I)ccc1C(O)OC(CS(=O)(=O)O)(C(F)(F)F)C(F)(F)F. The zero-order chi connectivity index (χ0) is 23.7. The van der Waals surface area contributed by atoms with E-state index in [1.54, 1.807) is 22.6 Å². The van der Waals surface area contributed by atoms with E-state index in [-0.39, 0.29) is 0 Å². The predicted octanol–water partition coefficient (Wildman–Crippen LogP) is 3.61. The number of alkyl halides is 6. The van der Waals surface area contributed by atoms with Gasteiger partial charge in [-0.25, -0.2) is 0 Å². The third-order valence-electron chi connectivity index (χ3n) is 3.54. The van der Waals surface area contributed by atoms with Crippen LogP contribution in [0.2, 0.25) is 0 Å². The number of esters is 1. The van der Waals surface area contributed by atoms with Gasteiger partial charge in [0.2, 0.25) is 0 Å². The van der Waals surface area contributed by atoms with E-state index in [0.29, 0.717) is 3.57 Å². The number of rotatable bonds is 7. The topological polar surface area (TPSA) is 110 Å². The first-order valence-electron chi connectivity index (χ1n) is 7.76. The fourth-order valence-corrected chi connectivity index (χ4v) is 3.40. The fraction of sp³-hybridized carbons (Fsp3) is 0.533. The van der Waals surface area contributed by atoms with Crippen LogP contribution in [0.5, 0.6) is 5.75 Å². The van der Waals surface area contributed by atoms with Crippen LogP contribution in [-0.4, -0.2) is 47.8 Å². The number of aliphatic hydroxyl groups is 1. The molecule has 1 rings (SSSR count). The number of carbonyl (C=O) groups is 1. The smallest absolute Gasteiger partial charge is 0.426 e. The van der Waals surface area contributed by atoms with Crippen molar-refractivity contribution in [2.24, 2.45) is 5.92 Å². The van der Waals surface area contributed by atoms with Gasteiger partial charge in [-0.1, -0.05) is 13.8 Å². The Morgan fingerprint density at radius 3 is 2.03 bits per heavy atom. The Labute approximate surface area is 180 Å². The average Bonchev–Trinajstić information content (AvgIpc) is 2.50. The first kappa shape index (κ1) is 26.9. The van der Waals surface area contributed by atoms with Crippen molar-refractivity contribution in [3.63, 3.8) is 0 Å². The summed E-state index contributed by atoms with van der Waals surface area (Å²) in [4.78, 5) is 11.8. The lowest BCUT2D eigenvalue weighted by atomic mass is 10.0. The highest BCUT2D eigenvalue weighted by atomic mass is 127. The predicted molar refractivity (Wildman–Crippen MR) is 96.9 cm³/mol. The molecule has 1 unspecified atom stereocenters. The van der Waals surface area contributed by atoms with E-state index in [1.165, 1.54) is 13.8 Å². The molecule has 0 amide bonds. The van der Waals surface area contributed by atoms with Crippen LogP contribution in [-0.2, 0) is 19.6 Å². The normalized spacial score (nSPS) is 14.7. The molecule has 172 valence electrons. The van der Waals surface area contributed by atoms with Crippen molar-refractivity contribution in [2.75, 3.05) is 5.75 Å². The molecule has 0 saturated heterocycles. The molecule has 1 aromatic rings. The molecular formula is C15H15F6IO7S. The summed E-state index contributed by atoms with van der Waals surface area (Å²) in [5.74, 6) is -5.22. The van der Waals surface area contributed by atoms with Gasteiger partial charge in [0.25, 0.3) is 15.7 Å². The standard InChI is InChI=1S/C15H15F6IO7S/c1-7(2)11(23)28-10-5-8(22)3-4-9(10)12(24)29-13(14(16,17)18,15(19,20)21)6-30(25,26)27/h3-5,7,12,24H,6H2,1-2H3,(H,25,26,27). The number of halogens is 7. The molecule has 7 nitrogen and oxygen atoms in total. The number of benzene rings is 1. The molecule has 0 spiro atoms. The fourth-order valence-electron chi connectivity index (χ4n) is 2.03. The summed E-state index contributed by atoms with van der Waals surface area (Å²) < 4.78 is 120. The number of carbonyl (C=O) groups excluding carboxylic acids is 1. The highest BCUT2D eigenvalue weighted by Crippen LogP contribution is 2.49. The minimum atomic E-state index is -6.42. The third-order valence-corrected chi connectivity index (χ3v) is 4.98. The Morgan fingerprint density at radius 2 is 1.63 bits per heavy atom. The highest BCUT2D eigenvalue weighted by molar-refractivity contribution is 14.1. The molecule has 0 saturated carbocycles. The van der Waals surface area contributed by atoms with Crippen molar-refractivity contribution in [2.45, 2.75) is 38.1 Å². The summed E-state index contributed by atoms with van der Waals surface area (Å²) in [6.07, 6.45) is -15.9. The largest absolute Gasteiger partial charge is 0.427 e. The number of aliphatic hydroxyl groups excluding tert-OH is 1. The molecule has 0 fully saturated rings. The van der Waals surface area contributed by atoms with E-state index in [4.69, 9.17) is 9.29 Å². The van der Waals surface area contributed by atoms with Crippen molar-refractivity contribution in [3.8, 4) is 5.75 Å². The first-order chi connectivity index (χ1) is 13.3. The molecule has 0 aromatic heterocycles. The minimum Gasteiger partial charge on any atom is -0.426 e. The summed E-state index contributed by atoms with van der Waals surface area (Å²) in [6.45, 7) is 2.79. The van der Waals surface area contributed by atoms with Crippen molar-refractivity contribution < 1.29 is 58.7 Å². The molecule has 30 heavy (non-hydrogen) atoms. The van der Waals surface area contributed by atoms with E-state index in [1.807, 2.05) is 0 Å². The van der Waals surface area contributed by atoms with Gasteiger partial charge in [0.1, 0.15) is 11.5 Å². The lowest BCUT2D eigenvalue weighted by Crippen LogP contribution is -2.63. The van der Waals surface area contributed by atoms with Crippen molar-refractivity contribution in [1.29, 1.82) is 0 Å². The van der Waals surface area contributed by atoms with Crippen molar-refractivity contribution >= 4 is 38.7 Å². The van der Waals surface area contributed by atoms with Gasteiger partial charge in [0.05, 0.1) is 11.5 Å².